The third-order valence-electron chi connectivity index (χ3n) is 4.63. The molecule has 0 spiro atoms. The molecule has 4 rings (SSSR count). The Morgan fingerprint density at radius 2 is 1.97 bits per heavy atom. The molecule has 4 aromatic rings. The average Bonchev–Trinajstić information content (AvgIpc) is 3.41. The molecule has 1 amide bonds. The Balaban J connectivity index is 1.43. The second-order valence-corrected chi connectivity index (χ2v) is 7.83. The Kier molecular flexibility index (Phi) is 6.16. The van der Waals surface area contributed by atoms with E-state index in [1.807, 2.05) is 61.7 Å². The maximum Gasteiger partial charge on any atom is 0.255 e. The number of amides is 1. The van der Waals surface area contributed by atoms with E-state index in [-0.39, 0.29) is 5.91 Å². The Hall–Kier alpha value is -3.82. The van der Waals surface area contributed by atoms with Gasteiger partial charge in [0.25, 0.3) is 5.91 Å². The van der Waals surface area contributed by atoms with Crippen molar-refractivity contribution in [3.8, 4) is 17.6 Å². The van der Waals surface area contributed by atoms with E-state index in [9.17, 15) is 4.79 Å². The molecule has 0 aliphatic carbocycles. The Bertz CT molecular complexity index is 1240. The third kappa shape index (κ3) is 5.21. The molecule has 1 N–H and O–H groups in total. The largest absolute Gasteiger partial charge is 0.489 e. The molecule has 2 aromatic carbocycles. The van der Waals surface area contributed by atoms with Crippen molar-refractivity contribution in [1.29, 1.82) is 0 Å². The molecular weight excluding hydrogens is 408 g/mol. The molecule has 0 fully saturated rings. The highest BCUT2D eigenvalue weighted by Crippen LogP contribution is 2.20. The molecule has 31 heavy (non-hydrogen) atoms. The van der Waals surface area contributed by atoms with Gasteiger partial charge in [-0.3, -0.25) is 4.79 Å². The number of carbonyl (C=O) groups is 1. The lowest BCUT2D eigenvalue weighted by Crippen LogP contribution is -2.12. The van der Waals surface area contributed by atoms with Crippen molar-refractivity contribution < 1.29 is 14.1 Å². The van der Waals surface area contributed by atoms with Gasteiger partial charge in [-0.2, -0.15) is 0 Å². The average molecular weight is 429 g/mol. The van der Waals surface area contributed by atoms with Crippen molar-refractivity contribution in [2.75, 3.05) is 5.32 Å². The summed E-state index contributed by atoms with van der Waals surface area (Å²) in [7, 11) is 0. The molecular formula is C25H20N2O3S. The summed E-state index contributed by atoms with van der Waals surface area (Å²) < 4.78 is 11.0. The van der Waals surface area contributed by atoms with Crippen molar-refractivity contribution in [2.45, 2.75) is 20.5 Å². The minimum Gasteiger partial charge on any atom is -0.489 e. The van der Waals surface area contributed by atoms with Crippen LogP contribution in [0.1, 0.15) is 37.8 Å². The van der Waals surface area contributed by atoms with E-state index in [1.165, 1.54) is 0 Å². The van der Waals surface area contributed by atoms with Crippen molar-refractivity contribution in [3.63, 3.8) is 0 Å². The van der Waals surface area contributed by atoms with Gasteiger partial charge in [-0.15, -0.1) is 11.3 Å². The minimum atomic E-state index is -0.217. The van der Waals surface area contributed by atoms with Gasteiger partial charge in [-0.05, 0) is 61.7 Å². The van der Waals surface area contributed by atoms with E-state index in [0.29, 0.717) is 23.6 Å². The standard InChI is InChI=1S/C25H20N2O3S/c1-17-24(18(2)30-27-17)16-29-22-9-4-7-20(15-22)25(28)26-21-8-3-6-19(14-21)11-12-23-10-5-13-31-23/h3-10,13-15H,16H2,1-2H3,(H,26,28). The van der Waals surface area contributed by atoms with Gasteiger partial charge in [0.2, 0.25) is 0 Å². The number of nitrogens with zero attached hydrogens (tertiary/aromatic N) is 1. The fourth-order valence-electron chi connectivity index (χ4n) is 2.95. The first-order chi connectivity index (χ1) is 15.1. The zero-order chi connectivity index (χ0) is 21.6. The van der Waals surface area contributed by atoms with E-state index < -0.39 is 0 Å². The maximum absolute atomic E-state index is 12.7. The van der Waals surface area contributed by atoms with E-state index >= 15 is 0 Å². The number of hydrogen-bond donors (Lipinski definition) is 1. The molecule has 2 aromatic heterocycles. The SMILES string of the molecule is Cc1noc(C)c1COc1cccc(C(=O)Nc2cccc(C#Cc3cccs3)c2)c1. The predicted octanol–water partition coefficient (Wildman–Crippen LogP) is 5.58. The summed E-state index contributed by atoms with van der Waals surface area (Å²) in [6.07, 6.45) is 0. The van der Waals surface area contributed by atoms with Crippen LogP contribution < -0.4 is 10.1 Å². The van der Waals surface area contributed by atoms with E-state index in [0.717, 1.165) is 27.5 Å². The normalized spacial score (nSPS) is 10.3. The van der Waals surface area contributed by atoms with Crippen LogP contribution in [0.25, 0.3) is 0 Å². The number of nitrogens with one attached hydrogen (secondary N) is 1. The lowest BCUT2D eigenvalue weighted by atomic mass is 10.1. The molecule has 0 saturated carbocycles. The number of benzene rings is 2. The smallest absolute Gasteiger partial charge is 0.255 e. The lowest BCUT2D eigenvalue weighted by molar-refractivity contribution is 0.102. The summed E-state index contributed by atoms with van der Waals surface area (Å²) in [5.41, 5.74) is 3.74. The van der Waals surface area contributed by atoms with Crippen LogP contribution in [-0.4, -0.2) is 11.1 Å². The molecule has 0 aliphatic rings. The van der Waals surface area contributed by atoms with E-state index in [4.69, 9.17) is 9.26 Å². The summed E-state index contributed by atoms with van der Waals surface area (Å²) in [5, 5.41) is 8.84. The molecule has 0 aliphatic heterocycles. The zero-order valence-electron chi connectivity index (χ0n) is 17.1. The number of aromatic nitrogens is 1. The Labute approximate surface area is 184 Å². The fraction of sp³-hybridized carbons (Fsp3) is 0.120. The summed E-state index contributed by atoms with van der Waals surface area (Å²) >= 11 is 1.60. The summed E-state index contributed by atoms with van der Waals surface area (Å²) in [6, 6.07) is 18.5. The van der Waals surface area contributed by atoms with Gasteiger partial charge in [0.15, 0.2) is 0 Å². The third-order valence-corrected chi connectivity index (χ3v) is 5.42. The number of ether oxygens (including phenoxy) is 1. The van der Waals surface area contributed by atoms with Gasteiger partial charge in [-0.1, -0.05) is 35.2 Å². The molecule has 154 valence electrons. The molecule has 0 bridgehead atoms. The summed E-state index contributed by atoms with van der Waals surface area (Å²) in [4.78, 5) is 13.7. The van der Waals surface area contributed by atoms with Gasteiger partial charge in [0.1, 0.15) is 18.1 Å². The number of thiophene rings is 1. The second-order valence-electron chi connectivity index (χ2n) is 6.88. The van der Waals surface area contributed by atoms with Gasteiger partial charge < -0.3 is 14.6 Å². The topological polar surface area (TPSA) is 64.4 Å². The maximum atomic E-state index is 12.7. The Morgan fingerprint density at radius 1 is 1.10 bits per heavy atom. The monoisotopic (exact) mass is 428 g/mol. The lowest BCUT2D eigenvalue weighted by Gasteiger charge is -2.09. The van der Waals surface area contributed by atoms with E-state index in [2.05, 4.69) is 22.3 Å². The molecule has 0 saturated heterocycles. The number of rotatable bonds is 5. The van der Waals surface area contributed by atoms with Crippen molar-refractivity contribution >= 4 is 22.9 Å². The van der Waals surface area contributed by atoms with E-state index in [1.54, 1.807) is 29.5 Å². The highest BCUT2D eigenvalue weighted by atomic mass is 32.1. The number of carbonyl (C=O) groups excluding carboxylic acids is 1. The highest BCUT2D eigenvalue weighted by Gasteiger charge is 2.11. The molecule has 6 heteroatoms. The van der Waals surface area contributed by atoms with Crippen LogP contribution in [0.4, 0.5) is 5.69 Å². The number of hydrogen-bond acceptors (Lipinski definition) is 5. The van der Waals surface area contributed by atoms with Crippen LogP contribution in [0, 0.1) is 25.7 Å². The Morgan fingerprint density at radius 3 is 2.74 bits per heavy atom. The molecule has 0 unspecified atom stereocenters. The van der Waals surface area contributed by atoms with Crippen LogP contribution in [0.5, 0.6) is 5.75 Å². The second kappa shape index (κ2) is 9.33. The van der Waals surface area contributed by atoms with Crippen LogP contribution >= 0.6 is 11.3 Å². The molecule has 0 atom stereocenters. The predicted molar refractivity (Wildman–Crippen MR) is 121 cm³/mol. The van der Waals surface area contributed by atoms with Crippen molar-refractivity contribution in [2.24, 2.45) is 0 Å². The van der Waals surface area contributed by atoms with Crippen LogP contribution in [0.2, 0.25) is 0 Å². The summed E-state index contributed by atoms with van der Waals surface area (Å²) in [6.45, 7) is 4.05. The molecule has 5 nitrogen and oxygen atoms in total. The highest BCUT2D eigenvalue weighted by molar-refractivity contribution is 7.10. The van der Waals surface area contributed by atoms with Gasteiger partial charge >= 0.3 is 0 Å². The number of anilines is 1. The fourth-order valence-corrected chi connectivity index (χ4v) is 3.52. The van der Waals surface area contributed by atoms with Crippen molar-refractivity contribution in [3.05, 3.63) is 99.1 Å². The van der Waals surface area contributed by atoms with Gasteiger partial charge in [0.05, 0.1) is 16.1 Å². The van der Waals surface area contributed by atoms with Gasteiger partial charge in [-0.25, -0.2) is 0 Å². The molecule has 0 radical (unpaired) electrons. The summed E-state index contributed by atoms with van der Waals surface area (Å²) in [5.74, 6) is 7.36. The first-order valence-electron chi connectivity index (χ1n) is 9.70. The minimum absolute atomic E-state index is 0.217. The quantitative estimate of drug-likeness (QED) is 0.421. The van der Waals surface area contributed by atoms with Crippen LogP contribution in [0.3, 0.4) is 0 Å². The first-order valence-corrected chi connectivity index (χ1v) is 10.6. The van der Waals surface area contributed by atoms with Crippen LogP contribution in [-0.2, 0) is 6.61 Å². The first kappa shape index (κ1) is 20.5. The van der Waals surface area contributed by atoms with Crippen molar-refractivity contribution in [1.82, 2.24) is 5.16 Å². The number of aryl methyl sites for hydroxylation is 2. The molecule has 2 heterocycles. The van der Waals surface area contributed by atoms with Gasteiger partial charge in [0, 0.05) is 16.8 Å². The zero-order valence-corrected chi connectivity index (χ0v) is 18.0. The van der Waals surface area contributed by atoms with Crippen LogP contribution in [0.15, 0.2) is 70.6 Å².